The normalized spacial score (nSPS) is 11.3. The Labute approximate surface area is 122 Å². The van der Waals surface area contributed by atoms with Gasteiger partial charge in [-0.15, -0.1) is 11.3 Å². The van der Waals surface area contributed by atoms with Crippen molar-refractivity contribution in [2.45, 2.75) is 32.6 Å². The molecule has 2 rings (SSSR count). The maximum absolute atomic E-state index is 11.8. The second-order valence-electron chi connectivity index (χ2n) is 5.66. The monoisotopic (exact) mass is 290 g/mol. The number of ether oxygens (including phenoxy) is 1. The van der Waals surface area contributed by atoms with E-state index in [9.17, 15) is 9.90 Å². The van der Waals surface area contributed by atoms with E-state index >= 15 is 0 Å². The van der Waals surface area contributed by atoms with E-state index in [1.807, 2.05) is 23.6 Å². The summed E-state index contributed by atoms with van der Waals surface area (Å²) in [7, 11) is 0. The topological polar surface area (TPSA) is 46.5 Å². The maximum atomic E-state index is 11.8. The van der Waals surface area contributed by atoms with Crippen LogP contribution in [0.1, 0.15) is 31.2 Å². The lowest BCUT2D eigenvalue weighted by Crippen LogP contribution is -2.12. The van der Waals surface area contributed by atoms with Crippen LogP contribution in [0.15, 0.2) is 35.7 Å². The third kappa shape index (κ3) is 3.61. The number of aromatic hydroxyl groups is 1. The minimum atomic E-state index is -0.369. The van der Waals surface area contributed by atoms with Crippen LogP contribution in [0.3, 0.4) is 0 Å². The van der Waals surface area contributed by atoms with Gasteiger partial charge in [0.1, 0.15) is 0 Å². The Morgan fingerprint density at radius 3 is 2.60 bits per heavy atom. The van der Waals surface area contributed by atoms with Gasteiger partial charge in [0.25, 0.3) is 0 Å². The van der Waals surface area contributed by atoms with Crippen molar-refractivity contribution in [3.63, 3.8) is 0 Å². The zero-order valence-corrected chi connectivity index (χ0v) is 12.7. The summed E-state index contributed by atoms with van der Waals surface area (Å²) in [6.07, 6.45) is 0.220. The van der Waals surface area contributed by atoms with Crippen molar-refractivity contribution >= 4 is 17.3 Å². The van der Waals surface area contributed by atoms with Crippen LogP contribution >= 0.6 is 11.3 Å². The highest BCUT2D eigenvalue weighted by Crippen LogP contribution is 2.32. The minimum Gasteiger partial charge on any atom is -0.504 e. The Kier molecular flexibility index (Phi) is 4.14. The van der Waals surface area contributed by atoms with Crippen LogP contribution < -0.4 is 4.74 Å². The fourth-order valence-electron chi connectivity index (χ4n) is 1.78. The molecular weight excluding hydrogens is 272 g/mol. The van der Waals surface area contributed by atoms with Crippen LogP contribution in [0.5, 0.6) is 11.5 Å². The molecule has 0 amide bonds. The van der Waals surface area contributed by atoms with E-state index < -0.39 is 0 Å². The van der Waals surface area contributed by atoms with Gasteiger partial charge in [-0.2, -0.15) is 0 Å². The zero-order chi connectivity index (χ0) is 14.8. The largest absolute Gasteiger partial charge is 0.504 e. The zero-order valence-electron chi connectivity index (χ0n) is 11.8. The van der Waals surface area contributed by atoms with Gasteiger partial charge in [0.2, 0.25) is 0 Å². The van der Waals surface area contributed by atoms with Gasteiger partial charge in [0.15, 0.2) is 11.5 Å². The number of carbonyl (C=O) groups excluding carboxylic acids is 1. The van der Waals surface area contributed by atoms with Crippen molar-refractivity contribution in [1.29, 1.82) is 0 Å². The predicted octanol–water partition coefficient (Wildman–Crippen LogP) is 3.90. The average Bonchev–Trinajstić information content (AvgIpc) is 2.83. The molecule has 0 unspecified atom stereocenters. The highest BCUT2D eigenvalue weighted by Gasteiger charge is 2.17. The summed E-state index contributed by atoms with van der Waals surface area (Å²) in [5, 5.41) is 11.9. The van der Waals surface area contributed by atoms with Crippen LogP contribution in [-0.2, 0) is 16.6 Å². The van der Waals surface area contributed by atoms with E-state index in [4.69, 9.17) is 4.74 Å². The Hall–Kier alpha value is -1.81. The fourth-order valence-corrected chi connectivity index (χ4v) is 2.47. The SMILES string of the molecule is CC(C)(C)c1ccc(OC(=O)Cc2cccs2)c(O)c1. The number of rotatable bonds is 3. The number of carbonyl (C=O) groups is 1. The smallest absolute Gasteiger partial charge is 0.316 e. The van der Waals surface area contributed by atoms with Gasteiger partial charge < -0.3 is 9.84 Å². The van der Waals surface area contributed by atoms with Crippen LogP contribution in [-0.4, -0.2) is 11.1 Å². The number of hydrogen-bond donors (Lipinski definition) is 1. The van der Waals surface area contributed by atoms with Crippen LogP contribution in [0.2, 0.25) is 0 Å². The van der Waals surface area contributed by atoms with Crippen molar-refractivity contribution < 1.29 is 14.6 Å². The molecule has 0 spiro atoms. The molecule has 106 valence electrons. The average molecular weight is 290 g/mol. The van der Waals surface area contributed by atoms with E-state index in [2.05, 4.69) is 20.8 Å². The highest BCUT2D eigenvalue weighted by atomic mass is 32.1. The molecule has 0 aliphatic carbocycles. The number of benzene rings is 1. The lowest BCUT2D eigenvalue weighted by Gasteiger charge is -2.19. The first-order chi connectivity index (χ1) is 9.36. The molecule has 0 atom stereocenters. The second kappa shape index (κ2) is 5.67. The summed E-state index contributed by atoms with van der Waals surface area (Å²) in [6.45, 7) is 6.18. The maximum Gasteiger partial charge on any atom is 0.316 e. The van der Waals surface area contributed by atoms with Crippen molar-refractivity contribution in [3.05, 3.63) is 46.2 Å². The summed E-state index contributed by atoms with van der Waals surface area (Å²) < 4.78 is 5.20. The number of thiophene rings is 1. The first kappa shape index (κ1) is 14.6. The molecule has 1 aromatic carbocycles. The van der Waals surface area contributed by atoms with Gasteiger partial charge in [-0.1, -0.05) is 32.9 Å². The summed E-state index contributed by atoms with van der Waals surface area (Å²) in [4.78, 5) is 12.7. The van der Waals surface area contributed by atoms with Gasteiger partial charge in [-0.25, -0.2) is 0 Å². The van der Waals surface area contributed by atoms with Gasteiger partial charge in [-0.3, -0.25) is 4.79 Å². The molecule has 4 heteroatoms. The molecule has 2 aromatic rings. The number of esters is 1. The van der Waals surface area contributed by atoms with Crippen LogP contribution in [0, 0.1) is 0 Å². The molecule has 0 bridgehead atoms. The second-order valence-corrected chi connectivity index (χ2v) is 6.69. The van der Waals surface area contributed by atoms with Gasteiger partial charge in [0.05, 0.1) is 6.42 Å². The third-order valence-electron chi connectivity index (χ3n) is 2.95. The molecule has 0 saturated carbocycles. The van der Waals surface area contributed by atoms with E-state index in [0.717, 1.165) is 10.4 Å². The summed E-state index contributed by atoms with van der Waals surface area (Å²) in [6, 6.07) is 8.93. The highest BCUT2D eigenvalue weighted by molar-refractivity contribution is 7.10. The van der Waals surface area contributed by atoms with Gasteiger partial charge in [-0.05, 0) is 34.6 Å². The summed E-state index contributed by atoms with van der Waals surface area (Å²) in [5.74, 6) is -0.164. The molecule has 1 N–H and O–H groups in total. The van der Waals surface area contributed by atoms with E-state index in [0.29, 0.717) is 0 Å². The first-order valence-electron chi connectivity index (χ1n) is 6.43. The minimum absolute atomic E-state index is 0.00282. The Bertz CT molecular complexity index is 595. The quantitative estimate of drug-likeness (QED) is 0.689. The van der Waals surface area contributed by atoms with Crippen molar-refractivity contribution in [3.8, 4) is 11.5 Å². The van der Waals surface area contributed by atoms with Crippen molar-refractivity contribution in [1.82, 2.24) is 0 Å². The van der Waals surface area contributed by atoms with Gasteiger partial charge in [0, 0.05) is 4.88 Å². The van der Waals surface area contributed by atoms with Crippen molar-refractivity contribution in [2.75, 3.05) is 0 Å². The summed E-state index contributed by atoms with van der Waals surface area (Å²) >= 11 is 1.51. The molecule has 1 aromatic heterocycles. The van der Waals surface area contributed by atoms with Crippen LogP contribution in [0.4, 0.5) is 0 Å². The molecule has 0 aliphatic rings. The molecular formula is C16H18O3S. The lowest BCUT2D eigenvalue weighted by molar-refractivity contribution is -0.133. The first-order valence-corrected chi connectivity index (χ1v) is 7.31. The molecule has 0 saturated heterocycles. The molecule has 0 aliphatic heterocycles. The Morgan fingerprint density at radius 2 is 2.05 bits per heavy atom. The lowest BCUT2D eigenvalue weighted by atomic mass is 9.87. The number of phenolic OH excluding ortho intramolecular Hbond substituents is 1. The third-order valence-corrected chi connectivity index (χ3v) is 3.82. The van der Waals surface area contributed by atoms with Crippen molar-refractivity contribution in [2.24, 2.45) is 0 Å². The molecule has 1 heterocycles. The summed E-state index contributed by atoms with van der Waals surface area (Å²) in [5.41, 5.74) is 0.935. The Balaban J connectivity index is 2.08. The van der Waals surface area contributed by atoms with Crippen LogP contribution in [0.25, 0.3) is 0 Å². The number of phenols is 1. The number of hydrogen-bond acceptors (Lipinski definition) is 4. The van der Waals surface area contributed by atoms with Gasteiger partial charge >= 0.3 is 5.97 Å². The molecule has 0 radical (unpaired) electrons. The fraction of sp³-hybridized carbons (Fsp3) is 0.312. The van der Waals surface area contributed by atoms with E-state index in [-0.39, 0.29) is 29.3 Å². The van der Waals surface area contributed by atoms with E-state index in [1.54, 1.807) is 12.1 Å². The Morgan fingerprint density at radius 1 is 1.30 bits per heavy atom. The standard InChI is InChI=1S/C16H18O3S/c1-16(2,3)11-6-7-14(13(17)9-11)19-15(18)10-12-5-4-8-20-12/h4-9,17H,10H2,1-3H3. The predicted molar refractivity (Wildman–Crippen MR) is 80.5 cm³/mol. The molecule has 20 heavy (non-hydrogen) atoms. The molecule has 3 nitrogen and oxygen atoms in total. The van der Waals surface area contributed by atoms with E-state index in [1.165, 1.54) is 11.3 Å². The molecule has 0 fully saturated rings.